The van der Waals surface area contributed by atoms with Gasteiger partial charge < -0.3 is 15.4 Å². The number of nitrogens with one attached hydrogen (secondary N) is 2. The van der Waals surface area contributed by atoms with Crippen molar-refractivity contribution in [3.8, 4) is 0 Å². The number of hydrogen-bond donors (Lipinski definition) is 2. The molecule has 0 radical (unpaired) electrons. The summed E-state index contributed by atoms with van der Waals surface area (Å²) in [6.07, 6.45) is 4.86. The molecule has 2 fully saturated rings. The van der Waals surface area contributed by atoms with Gasteiger partial charge in [-0.2, -0.15) is 0 Å². The Balaban J connectivity index is 1.42. The van der Waals surface area contributed by atoms with E-state index in [2.05, 4.69) is 10.6 Å². The maximum atomic E-state index is 11.3. The summed E-state index contributed by atoms with van der Waals surface area (Å²) in [6.45, 7) is 4.48. The Morgan fingerprint density at radius 2 is 2.06 bits per heavy atom. The molecule has 2 aliphatic rings. The summed E-state index contributed by atoms with van der Waals surface area (Å²) in [5.74, 6) is 0.564. The van der Waals surface area contributed by atoms with Crippen LogP contribution in [0, 0.1) is 5.92 Å². The normalized spacial score (nSPS) is 28.6. The molecule has 0 aromatic heterocycles. The van der Waals surface area contributed by atoms with E-state index in [1.54, 1.807) is 0 Å². The highest BCUT2D eigenvalue weighted by Gasteiger charge is 2.30. The third kappa shape index (κ3) is 3.46. The first kappa shape index (κ1) is 11.9. The second-order valence-electron chi connectivity index (χ2n) is 4.77. The van der Waals surface area contributed by atoms with Crippen molar-refractivity contribution in [2.45, 2.75) is 44.8 Å². The molecule has 0 atom stereocenters. The van der Waals surface area contributed by atoms with Crippen molar-refractivity contribution >= 4 is 5.91 Å². The second-order valence-corrected chi connectivity index (χ2v) is 4.77. The Morgan fingerprint density at radius 1 is 1.31 bits per heavy atom. The summed E-state index contributed by atoms with van der Waals surface area (Å²) in [7, 11) is 0. The van der Waals surface area contributed by atoms with Crippen molar-refractivity contribution in [2.24, 2.45) is 5.92 Å². The quantitative estimate of drug-likeness (QED) is 0.627. The minimum Gasteiger partial charge on any atom is -0.378 e. The van der Waals surface area contributed by atoms with E-state index in [-0.39, 0.29) is 5.91 Å². The van der Waals surface area contributed by atoms with Crippen molar-refractivity contribution in [3.05, 3.63) is 0 Å². The smallest absolute Gasteiger partial charge is 0.223 e. The summed E-state index contributed by atoms with van der Waals surface area (Å²) in [5, 5.41) is 6.38. The average Bonchev–Trinajstić information content (AvgIpc) is 3.02. The van der Waals surface area contributed by atoms with Crippen LogP contribution in [0.2, 0.25) is 0 Å². The molecule has 2 N–H and O–H groups in total. The van der Waals surface area contributed by atoms with Gasteiger partial charge in [-0.25, -0.2) is 0 Å². The van der Waals surface area contributed by atoms with Crippen LogP contribution in [0.4, 0.5) is 0 Å². The Kier molecular flexibility index (Phi) is 4.18. The molecule has 2 saturated carbocycles. The number of carbonyl (C=O) groups excluding carboxylic acids is 1. The molecule has 1 amide bonds. The molecule has 0 aromatic rings. The summed E-state index contributed by atoms with van der Waals surface area (Å²) < 4.78 is 5.48. The van der Waals surface area contributed by atoms with E-state index in [1.807, 2.05) is 6.92 Å². The molecule has 4 heteroatoms. The average molecular weight is 226 g/mol. The number of rotatable bonds is 7. The Morgan fingerprint density at radius 3 is 2.69 bits per heavy atom. The highest BCUT2D eigenvalue weighted by Crippen LogP contribution is 2.28. The van der Waals surface area contributed by atoms with Crippen LogP contribution >= 0.6 is 0 Å². The van der Waals surface area contributed by atoms with E-state index in [0.29, 0.717) is 18.1 Å². The van der Waals surface area contributed by atoms with E-state index in [4.69, 9.17) is 4.74 Å². The molecule has 0 heterocycles. The lowest BCUT2D eigenvalue weighted by atomic mass is 9.89. The predicted octanol–water partition coefficient (Wildman–Crippen LogP) is 0.670. The van der Waals surface area contributed by atoms with Crippen molar-refractivity contribution in [2.75, 3.05) is 19.7 Å². The summed E-state index contributed by atoms with van der Waals surface area (Å²) in [5.41, 5.74) is 0. The standard InChI is InChI=1S/C12H22N2O2/c1-2-16-11-7-10(8-11)13-5-6-14-12(15)9-3-4-9/h9-11,13H,2-8H2,1H3,(H,14,15). The van der Waals surface area contributed by atoms with Gasteiger partial charge >= 0.3 is 0 Å². The van der Waals surface area contributed by atoms with Gasteiger partial charge in [0.15, 0.2) is 0 Å². The van der Waals surface area contributed by atoms with Gasteiger partial charge in [-0.1, -0.05) is 0 Å². The maximum absolute atomic E-state index is 11.3. The monoisotopic (exact) mass is 226 g/mol. The van der Waals surface area contributed by atoms with E-state index in [1.165, 1.54) is 0 Å². The molecule has 0 unspecified atom stereocenters. The van der Waals surface area contributed by atoms with Crippen LogP contribution in [0.1, 0.15) is 32.6 Å². The first-order chi connectivity index (χ1) is 7.79. The van der Waals surface area contributed by atoms with Gasteiger partial charge in [0.05, 0.1) is 6.10 Å². The van der Waals surface area contributed by atoms with Gasteiger partial charge in [0.1, 0.15) is 0 Å². The van der Waals surface area contributed by atoms with Crippen LogP contribution in [-0.2, 0) is 9.53 Å². The van der Waals surface area contributed by atoms with Gasteiger partial charge in [-0.05, 0) is 32.6 Å². The lowest BCUT2D eigenvalue weighted by molar-refractivity contribution is -0.122. The van der Waals surface area contributed by atoms with Crippen molar-refractivity contribution < 1.29 is 9.53 Å². The molecule has 92 valence electrons. The van der Waals surface area contributed by atoms with Crippen molar-refractivity contribution in [3.63, 3.8) is 0 Å². The fraction of sp³-hybridized carbons (Fsp3) is 0.917. The lowest BCUT2D eigenvalue weighted by Crippen LogP contribution is -2.47. The zero-order valence-corrected chi connectivity index (χ0v) is 10.00. The molecule has 4 nitrogen and oxygen atoms in total. The first-order valence-corrected chi connectivity index (χ1v) is 6.42. The van der Waals surface area contributed by atoms with Crippen LogP contribution in [0.15, 0.2) is 0 Å². The zero-order chi connectivity index (χ0) is 11.4. The highest BCUT2D eigenvalue weighted by atomic mass is 16.5. The number of carbonyl (C=O) groups is 1. The van der Waals surface area contributed by atoms with Gasteiger partial charge in [0.25, 0.3) is 0 Å². The van der Waals surface area contributed by atoms with Crippen molar-refractivity contribution in [1.29, 1.82) is 0 Å². The molecular formula is C12H22N2O2. The van der Waals surface area contributed by atoms with Gasteiger partial charge in [-0.3, -0.25) is 4.79 Å². The minimum absolute atomic E-state index is 0.239. The summed E-state index contributed by atoms with van der Waals surface area (Å²) >= 11 is 0. The van der Waals surface area contributed by atoms with Crippen LogP contribution in [-0.4, -0.2) is 37.7 Å². The molecule has 0 aliphatic heterocycles. The second kappa shape index (κ2) is 5.64. The van der Waals surface area contributed by atoms with Crippen LogP contribution in [0.3, 0.4) is 0 Å². The molecular weight excluding hydrogens is 204 g/mol. The minimum atomic E-state index is 0.239. The van der Waals surface area contributed by atoms with E-state index >= 15 is 0 Å². The third-order valence-corrected chi connectivity index (χ3v) is 3.30. The third-order valence-electron chi connectivity index (χ3n) is 3.30. The zero-order valence-electron chi connectivity index (χ0n) is 10.00. The molecule has 16 heavy (non-hydrogen) atoms. The number of ether oxygens (including phenoxy) is 1. The molecule has 0 aromatic carbocycles. The van der Waals surface area contributed by atoms with E-state index in [9.17, 15) is 4.79 Å². The van der Waals surface area contributed by atoms with Crippen molar-refractivity contribution in [1.82, 2.24) is 10.6 Å². The largest absolute Gasteiger partial charge is 0.378 e. The fourth-order valence-electron chi connectivity index (χ4n) is 2.06. The first-order valence-electron chi connectivity index (χ1n) is 6.42. The Bertz CT molecular complexity index is 235. The predicted molar refractivity (Wildman–Crippen MR) is 62.2 cm³/mol. The molecule has 0 spiro atoms. The Hall–Kier alpha value is -0.610. The van der Waals surface area contributed by atoms with Crippen LogP contribution in [0.25, 0.3) is 0 Å². The molecule has 2 rings (SSSR count). The van der Waals surface area contributed by atoms with Gasteiger partial charge in [-0.15, -0.1) is 0 Å². The van der Waals surface area contributed by atoms with E-state index < -0.39 is 0 Å². The lowest BCUT2D eigenvalue weighted by Gasteiger charge is -2.35. The topological polar surface area (TPSA) is 50.4 Å². The summed E-state index contributed by atoms with van der Waals surface area (Å²) in [6, 6.07) is 0.592. The molecule has 0 bridgehead atoms. The fourth-order valence-corrected chi connectivity index (χ4v) is 2.06. The molecule has 0 saturated heterocycles. The highest BCUT2D eigenvalue weighted by molar-refractivity contribution is 5.80. The summed E-state index contributed by atoms with van der Waals surface area (Å²) in [4.78, 5) is 11.3. The molecule has 2 aliphatic carbocycles. The van der Waals surface area contributed by atoms with E-state index in [0.717, 1.165) is 45.4 Å². The van der Waals surface area contributed by atoms with Gasteiger partial charge in [0, 0.05) is 31.7 Å². The van der Waals surface area contributed by atoms with Crippen LogP contribution < -0.4 is 10.6 Å². The van der Waals surface area contributed by atoms with Gasteiger partial charge in [0.2, 0.25) is 5.91 Å². The maximum Gasteiger partial charge on any atom is 0.223 e. The SMILES string of the molecule is CCOC1CC(NCCNC(=O)C2CC2)C1. The number of hydrogen-bond acceptors (Lipinski definition) is 3. The Labute approximate surface area is 97.1 Å². The van der Waals surface area contributed by atoms with Crippen LogP contribution in [0.5, 0.6) is 0 Å². The number of amides is 1.